The molecule has 5 rings (SSSR count). The largest absolute Gasteiger partial charge is 0.494 e. The molecule has 0 unspecified atom stereocenters. The number of nitrogens with zero attached hydrogens (tertiary/aromatic N) is 5. The number of aromatic nitrogens is 5. The first-order valence-corrected chi connectivity index (χ1v) is 11.0. The van der Waals surface area contributed by atoms with Gasteiger partial charge in [0.15, 0.2) is 0 Å². The number of nitrogens with one attached hydrogen (secondary N) is 1. The van der Waals surface area contributed by atoms with Gasteiger partial charge in [0, 0.05) is 52.7 Å². The zero-order valence-electron chi connectivity index (χ0n) is 18.6. The third kappa shape index (κ3) is 4.46. The van der Waals surface area contributed by atoms with Gasteiger partial charge in [-0.3, -0.25) is 4.98 Å². The Morgan fingerprint density at radius 3 is 2.44 bits per heavy atom. The Labute approximate surface area is 202 Å². The molecule has 8 heteroatoms. The van der Waals surface area contributed by atoms with Crippen molar-refractivity contribution < 1.29 is 4.74 Å². The molecule has 168 valence electrons. The van der Waals surface area contributed by atoms with E-state index in [0.29, 0.717) is 16.7 Å². The maximum atomic E-state index is 6.11. The van der Waals surface area contributed by atoms with Crippen molar-refractivity contribution in [1.29, 1.82) is 0 Å². The molecule has 5 aromatic rings. The number of rotatable bonds is 6. The quantitative estimate of drug-likeness (QED) is 0.324. The van der Waals surface area contributed by atoms with Crippen LogP contribution in [0.25, 0.3) is 28.1 Å². The Bertz CT molecular complexity index is 1430. The van der Waals surface area contributed by atoms with E-state index in [-0.39, 0.29) is 0 Å². The summed E-state index contributed by atoms with van der Waals surface area (Å²) in [7, 11) is 1.64. The number of hydrogen-bond donors (Lipinski definition) is 1. The van der Waals surface area contributed by atoms with Gasteiger partial charge in [0.05, 0.1) is 30.5 Å². The van der Waals surface area contributed by atoms with Gasteiger partial charge in [-0.1, -0.05) is 23.7 Å². The molecule has 0 amide bonds. The van der Waals surface area contributed by atoms with E-state index in [1.165, 1.54) is 0 Å². The zero-order chi connectivity index (χ0) is 23.5. The average Bonchev–Trinajstić information content (AvgIpc) is 3.31. The molecular weight excluding hydrogens is 448 g/mol. The van der Waals surface area contributed by atoms with Crippen LogP contribution in [0.3, 0.4) is 0 Å². The van der Waals surface area contributed by atoms with E-state index < -0.39 is 0 Å². The topological polar surface area (TPSA) is 77.8 Å². The minimum Gasteiger partial charge on any atom is -0.494 e. The van der Waals surface area contributed by atoms with Gasteiger partial charge in [0.2, 0.25) is 5.95 Å². The molecule has 0 spiro atoms. The van der Waals surface area contributed by atoms with Crippen LogP contribution in [0.5, 0.6) is 5.75 Å². The molecule has 2 aromatic carbocycles. The Balaban J connectivity index is 1.52. The Hall–Kier alpha value is -4.23. The number of ether oxygens (including phenoxy) is 1. The molecule has 3 heterocycles. The van der Waals surface area contributed by atoms with Crippen LogP contribution in [0.15, 0.2) is 85.7 Å². The standard InChI is InChI=1S/C26H21ClN6O/c1-17-15-33(16-30-17)23-8-7-21(13-24(23)34-2)31-26-29-14-22(18-9-11-28-12-10-18)25(32-26)19-3-5-20(27)6-4-19/h3-16H,1-2H3,(H,29,31,32). The summed E-state index contributed by atoms with van der Waals surface area (Å²) in [4.78, 5) is 17.8. The first kappa shape index (κ1) is 21.6. The van der Waals surface area contributed by atoms with Crippen molar-refractivity contribution >= 4 is 23.2 Å². The Kier molecular flexibility index (Phi) is 5.93. The van der Waals surface area contributed by atoms with E-state index >= 15 is 0 Å². The van der Waals surface area contributed by atoms with Gasteiger partial charge in [0.1, 0.15) is 5.75 Å². The van der Waals surface area contributed by atoms with E-state index in [1.54, 1.807) is 25.8 Å². The fraction of sp³-hybridized carbons (Fsp3) is 0.0769. The van der Waals surface area contributed by atoms with Crippen molar-refractivity contribution in [2.45, 2.75) is 6.92 Å². The molecule has 1 N–H and O–H groups in total. The van der Waals surface area contributed by atoms with Gasteiger partial charge < -0.3 is 14.6 Å². The van der Waals surface area contributed by atoms with Gasteiger partial charge in [-0.25, -0.2) is 15.0 Å². The number of methoxy groups -OCH3 is 1. The molecule has 0 aliphatic rings. The van der Waals surface area contributed by atoms with Crippen LogP contribution < -0.4 is 10.1 Å². The predicted molar refractivity (Wildman–Crippen MR) is 134 cm³/mol. The van der Waals surface area contributed by atoms with Gasteiger partial charge in [-0.2, -0.15) is 0 Å². The molecule has 0 aliphatic carbocycles. The van der Waals surface area contributed by atoms with Crippen molar-refractivity contribution in [1.82, 2.24) is 24.5 Å². The monoisotopic (exact) mass is 468 g/mol. The van der Waals surface area contributed by atoms with Crippen LogP contribution in [0.1, 0.15) is 5.69 Å². The second-order valence-electron chi connectivity index (χ2n) is 7.63. The van der Waals surface area contributed by atoms with Crippen molar-refractivity contribution in [3.05, 3.63) is 96.4 Å². The van der Waals surface area contributed by atoms with E-state index in [9.17, 15) is 0 Å². The first-order chi connectivity index (χ1) is 16.6. The van der Waals surface area contributed by atoms with Gasteiger partial charge >= 0.3 is 0 Å². The molecular formula is C26H21ClN6O. The fourth-order valence-electron chi connectivity index (χ4n) is 3.66. The number of hydrogen-bond acceptors (Lipinski definition) is 6. The number of imidazole rings is 1. The minimum atomic E-state index is 0.469. The van der Waals surface area contributed by atoms with Crippen LogP contribution in [0.2, 0.25) is 5.02 Å². The van der Waals surface area contributed by atoms with Crippen LogP contribution in [-0.2, 0) is 0 Å². The number of halogens is 1. The molecule has 7 nitrogen and oxygen atoms in total. The highest BCUT2D eigenvalue weighted by Gasteiger charge is 2.13. The molecule has 0 fully saturated rings. The fourth-order valence-corrected chi connectivity index (χ4v) is 3.79. The van der Waals surface area contributed by atoms with Crippen LogP contribution in [0, 0.1) is 6.92 Å². The van der Waals surface area contributed by atoms with E-state index in [4.69, 9.17) is 21.3 Å². The summed E-state index contributed by atoms with van der Waals surface area (Å²) in [6.45, 7) is 1.95. The lowest BCUT2D eigenvalue weighted by atomic mass is 10.0. The van der Waals surface area contributed by atoms with E-state index in [2.05, 4.69) is 20.3 Å². The third-order valence-electron chi connectivity index (χ3n) is 5.32. The minimum absolute atomic E-state index is 0.469. The molecule has 0 bridgehead atoms. The lowest BCUT2D eigenvalue weighted by Crippen LogP contribution is -2.02. The molecule has 0 radical (unpaired) electrons. The number of aryl methyl sites for hydroxylation is 1. The van der Waals surface area contributed by atoms with Crippen LogP contribution in [0.4, 0.5) is 11.6 Å². The summed E-state index contributed by atoms with van der Waals surface area (Å²) in [6, 6.07) is 17.3. The summed E-state index contributed by atoms with van der Waals surface area (Å²) >= 11 is 6.11. The van der Waals surface area contributed by atoms with Crippen molar-refractivity contribution in [2.75, 3.05) is 12.4 Å². The SMILES string of the molecule is COc1cc(Nc2ncc(-c3ccncc3)c(-c3ccc(Cl)cc3)n2)ccc1-n1cnc(C)c1. The molecule has 0 saturated heterocycles. The second-order valence-corrected chi connectivity index (χ2v) is 8.07. The van der Waals surface area contributed by atoms with Gasteiger partial charge in [0.25, 0.3) is 0 Å². The summed E-state index contributed by atoms with van der Waals surface area (Å²) < 4.78 is 7.55. The van der Waals surface area contributed by atoms with Gasteiger partial charge in [-0.05, 0) is 48.9 Å². The lowest BCUT2D eigenvalue weighted by Gasteiger charge is -2.14. The Morgan fingerprint density at radius 1 is 0.941 bits per heavy atom. The maximum absolute atomic E-state index is 6.11. The zero-order valence-corrected chi connectivity index (χ0v) is 19.4. The second kappa shape index (κ2) is 9.33. The highest BCUT2D eigenvalue weighted by molar-refractivity contribution is 6.30. The highest BCUT2D eigenvalue weighted by atomic mass is 35.5. The lowest BCUT2D eigenvalue weighted by molar-refractivity contribution is 0.413. The van der Waals surface area contributed by atoms with Gasteiger partial charge in [-0.15, -0.1) is 0 Å². The molecule has 3 aromatic heterocycles. The summed E-state index contributed by atoms with van der Waals surface area (Å²) in [6.07, 6.45) is 9.03. The molecule has 0 aliphatic heterocycles. The van der Waals surface area contributed by atoms with E-state index in [1.807, 2.05) is 78.5 Å². The molecule has 0 atom stereocenters. The summed E-state index contributed by atoms with van der Waals surface area (Å²) in [5.41, 5.74) is 6.23. The van der Waals surface area contributed by atoms with E-state index in [0.717, 1.165) is 39.5 Å². The predicted octanol–water partition coefficient (Wildman–Crippen LogP) is 6.11. The third-order valence-corrected chi connectivity index (χ3v) is 5.58. The molecule has 34 heavy (non-hydrogen) atoms. The van der Waals surface area contributed by atoms with Crippen molar-refractivity contribution in [2.24, 2.45) is 0 Å². The smallest absolute Gasteiger partial charge is 0.227 e. The molecule has 0 saturated carbocycles. The summed E-state index contributed by atoms with van der Waals surface area (Å²) in [5.74, 6) is 1.17. The van der Waals surface area contributed by atoms with Crippen LogP contribution in [-0.4, -0.2) is 31.6 Å². The number of benzene rings is 2. The summed E-state index contributed by atoms with van der Waals surface area (Å²) in [5, 5.41) is 3.97. The highest BCUT2D eigenvalue weighted by Crippen LogP contribution is 2.33. The van der Waals surface area contributed by atoms with Crippen molar-refractivity contribution in [3.8, 4) is 33.8 Å². The number of pyridine rings is 1. The van der Waals surface area contributed by atoms with Crippen molar-refractivity contribution in [3.63, 3.8) is 0 Å². The Morgan fingerprint density at radius 2 is 1.74 bits per heavy atom. The maximum Gasteiger partial charge on any atom is 0.227 e. The first-order valence-electron chi connectivity index (χ1n) is 10.6. The average molecular weight is 469 g/mol. The normalized spacial score (nSPS) is 10.8. The van der Waals surface area contributed by atoms with Crippen LogP contribution >= 0.6 is 11.6 Å². The number of anilines is 2.